The number of hydrogen-bond acceptors (Lipinski definition) is 7. The highest BCUT2D eigenvalue weighted by Gasteiger charge is 2.26. The van der Waals surface area contributed by atoms with Crippen LogP contribution in [0.2, 0.25) is 0 Å². The Labute approximate surface area is 142 Å². The summed E-state index contributed by atoms with van der Waals surface area (Å²) in [5, 5.41) is 16.0. The summed E-state index contributed by atoms with van der Waals surface area (Å²) in [5.41, 5.74) is 1.14. The van der Waals surface area contributed by atoms with E-state index in [2.05, 4.69) is 37.4 Å². The largest absolute Gasteiger partial charge is 0.390 e. The van der Waals surface area contributed by atoms with Gasteiger partial charge in [-0.05, 0) is 26.9 Å². The maximum atomic E-state index is 12.5. The Morgan fingerprint density at radius 2 is 2.12 bits per heavy atom. The quantitative estimate of drug-likeness (QED) is 0.652. The Kier molecular flexibility index (Phi) is 5.27. The smallest absolute Gasteiger partial charge is 0.255 e. The zero-order chi connectivity index (χ0) is 17.1. The molecule has 1 amide bonds. The lowest BCUT2D eigenvalue weighted by molar-refractivity contribution is 0.0764. The van der Waals surface area contributed by atoms with Crippen LogP contribution in [0.1, 0.15) is 22.5 Å². The number of amides is 1. The first kappa shape index (κ1) is 17.1. The van der Waals surface area contributed by atoms with Crippen molar-refractivity contribution < 1.29 is 9.90 Å². The Morgan fingerprint density at radius 3 is 2.79 bits per heavy atom. The third kappa shape index (κ3) is 3.82. The van der Waals surface area contributed by atoms with Crippen LogP contribution < -0.4 is 15.5 Å². The minimum absolute atomic E-state index is 0.219. The van der Waals surface area contributed by atoms with Gasteiger partial charge in [0, 0.05) is 38.9 Å². The van der Waals surface area contributed by atoms with Crippen molar-refractivity contribution in [3.8, 4) is 0 Å². The third-order valence-electron chi connectivity index (χ3n) is 4.76. The highest BCUT2D eigenvalue weighted by molar-refractivity contribution is 5.95. The zero-order valence-corrected chi connectivity index (χ0v) is 14.3. The van der Waals surface area contributed by atoms with Gasteiger partial charge >= 0.3 is 0 Å². The molecule has 1 aromatic heterocycles. The first-order chi connectivity index (χ1) is 11.5. The molecule has 0 bridgehead atoms. The molecule has 8 heteroatoms. The van der Waals surface area contributed by atoms with Crippen molar-refractivity contribution >= 4 is 11.9 Å². The molecule has 2 saturated heterocycles. The minimum atomic E-state index is -0.562. The van der Waals surface area contributed by atoms with Gasteiger partial charge in [-0.25, -0.2) is 9.97 Å². The predicted octanol–water partition coefficient (Wildman–Crippen LogP) is -1.01. The standard InChI is InChI=1S/C16H26N6O2/c1-11-12(15(24)20-13-3-4-17-10-14(13)23)9-18-16(19-11)22-7-5-21(2)6-8-22/h9,13-14,17,23H,3-8,10H2,1-2H3,(H,20,24)/t13-,14-/m1/s1. The summed E-state index contributed by atoms with van der Waals surface area (Å²) < 4.78 is 0. The molecule has 132 valence electrons. The lowest BCUT2D eigenvalue weighted by atomic mass is 10.0. The van der Waals surface area contributed by atoms with Crippen LogP contribution in [0.25, 0.3) is 0 Å². The van der Waals surface area contributed by atoms with Crippen LogP contribution >= 0.6 is 0 Å². The summed E-state index contributed by atoms with van der Waals surface area (Å²) in [6.45, 7) is 6.87. The molecule has 3 N–H and O–H groups in total. The highest BCUT2D eigenvalue weighted by Crippen LogP contribution is 2.14. The number of aryl methyl sites for hydroxylation is 1. The van der Waals surface area contributed by atoms with Gasteiger partial charge in [-0.3, -0.25) is 4.79 Å². The van der Waals surface area contributed by atoms with Crippen LogP contribution in [0.15, 0.2) is 6.20 Å². The number of anilines is 1. The third-order valence-corrected chi connectivity index (χ3v) is 4.76. The Balaban J connectivity index is 1.66. The maximum Gasteiger partial charge on any atom is 0.255 e. The molecule has 0 saturated carbocycles. The number of carbonyl (C=O) groups is 1. The second kappa shape index (κ2) is 7.42. The van der Waals surface area contributed by atoms with E-state index in [0.717, 1.165) is 32.7 Å². The molecule has 0 aliphatic carbocycles. The van der Waals surface area contributed by atoms with Crippen molar-refractivity contribution in [3.05, 3.63) is 17.5 Å². The summed E-state index contributed by atoms with van der Waals surface area (Å²) in [7, 11) is 2.10. The lowest BCUT2D eigenvalue weighted by Gasteiger charge is -2.32. The maximum absolute atomic E-state index is 12.5. The highest BCUT2D eigenvalue weighted by atomic mass is 16.3. The number of likely N-dealkylation sites (N-methyl/N-ethyl adjacent to an activating group) is 1. The number of aromatic nitrogens is 2. The second-order valence-electron chi connectivity index (χ2n) is 6.60. The number of carbonyl (C=O) groups excluding carboxylic acids is 1. The van der Waals surface area contributed by atoms with Crippen LogP contribution in [0, 0.1) is 6.92 Å². The number of hydrogen-bond donors (Lipinski definition) is 3. The van der Waals surface area contributed by atoms with Gasteiger partial charge in [-0.1, -0.05) is 0 Å². The van der Waals surface area contributed by atoms with Gasteiger partial charge in [0.1, 0.15) is 0 Å². The average Bonchev–Trinajstić information content (AvgIpc) is 2.57. The molecule has 0 unspecified atom stereocenters. The van der Waals surface area contributed by atoms with E-state index in [9.17, 15) is 9.90 Å². The van der Waals surface area contributed by atoms with Gasteiger partial charge < -0.3 is 25.5 Å². The summed E-state index contributed by atoms with van der Waals surface area (Å²) >= 11 is 0. The van der Waals surface area contributed by atoms with E-state index in [4.69, 9.17) is 0 Å². The van der Waals surface area contributed by atoms with Gasteiger partial charge in [0.15, 0.2) is 0 Å². The summed E-state index contributed by atoms with van der Waals surface area (Å²) in [6.07, 6.45) is 1.75. The number of β-amino-alcohol motifs (C(OH)–C–C–N with tert-alkyl or cyclic N) is 1. The van der Waals surface area contributed by atoms with E-state index in [-0.39, 0.29) is 11.9 Å². The minimum Gasteiger partial charge on any atom is -0.390 e. The van der Waals surface area contributed by atoms with E-state index in [1.165, 1.54) is 0 Å². The van der Waals surface area contributed by atoms with E-state index in [0.29, 0.717) is 30.2 Å². The van der Waals surface area contributed by atoms with Crippen molar-refractivity contribution in [2.75, 3.05) is 51.2 Å². The molecule has 3 rings (SSSR count). The molecule has 0 aromatic carbocycles. The van der Waals surface area contributed by atoms with Crippen molar-refractivity contribution in [3.63, 3.8) is 0 Å². The molecule has 3 heterocycles. The molecule has 2 aliphatic rings. The number of aliphatic hydroxyl groups is 1. The normalized spacial score (nSPS) is 25.5. The van der Waals surface area contributed by atoms with Crippen LogP contribution in [-0.2, 0) is 0 Å². The molecular weight excluding hydrogens is 308 g/mol. The molecule has 24 heavy (non-hydrogen) atoms. The van der Waals surface area contributed by atoms with Crippen LogP contribution in [-0.4, -0.2) is 84.3 Å². The van der Waals surface area contributed by atoms with Gasteiger partial charge in [0.25, 0.3) is 5.91 Å². The fraction of sp³-hybridized carbons (Fsp3) is 0.688. The summed E-state index contributed by atoms with van der Waals surface area (Å²) in [6, 6.07) is -0.226. The number of rotatable bonds is 3. The first-order valence-corrected chi connectivity index (χ1v) is 8.51. The molecule has 0 radical (unpaired) electrons. The summed E-state index contributed by atoms with van der Waals surface area (Å²) in [4.78, 5) is 25.8. The molecule has 2 fully saturated rings. The van der Waals surface area contributed by atoms with Crippen molar-refractivity contribution in [1.82, 2.24) is 25.5 Å². The van der Waals surface area contributed by atoms with Crippen LogP contribution in [0.5, 0.6) is 0 Å². The molecule has 2 atom stereocenters. The van der Waals surface area contributed by atoms with Gasteiger partial charge in [-0.15, -0.1) is 0 Å². The van der Waals surface area contributed by atoms with E-state index in [1.54, 1.807) is 6.20 Å². The zero-order valence-electron chi connectivity index (χ0n) is 14.3. The van der Waals surface area contributed by atoms with Crippen molar-refractivity contribution in [1.29, 1.82) is 0 Å². The number of piperidine rings is 1. The van der Waals surface area contributed by atoms with E-state index >= 15 is 0 Å². The van der Waals surface area contributed by atoms with Crippen molar-refractivity contribution in [2.24, 2.45) is 0 Å². The molecule has 0 spiro atoms. The van der Waals surface area contributed by atoms with Gasteiger partial charge in [0.05, 0.1) is 23.4 Å². The van der Waals surface area contributed by atoms with Crippen molar-refractivity contribution in [2.45, 2.75) is 25.5 Å². The van der Waals surface area contributed by atoms with Gasteiger partial charge in [-0.2, -0.15) is 0 Å². The summed E-state index contributed by atoms with van der Waals surface area (Å²) in [5.74, 6) is 0.461. The number of nitrogens with one attached hydrogen (secondary N) is 2. The predicted molar refractivity (Wildman–Crippen MR) is 91.2 cm³/mol. The SMILES string of the molecule is Cc1nc(N2CCN(C)CC2)ncc1C(=O)N[C@@H]1CCNC[C@H]1O. The van der Waals surface area contributed by atoms with E-state index in [1.807, 2.05) is 6.92 Å². The second-order valence-corrected chi connectivity index (χ2v) is 6.60. The number of aliphatic hydroxyl groups excluding tert-OH is 1. The van der Waals surface area contributed by atoms with Crippen LogP contribution in [0.3, 0.4) is 0 Å². The van der Waals surface area contributed by atoms with E-state index < -0.39 is 6.10 Å². The molecular formula is C16H26N6O2. The molecule has 1 aromatic rings. The first-order valence-electron chi connectivity index (χ1n) is 8.51. The number of nitrogens with zero attached hydrogens (tertiary/aromatic N) is 4. The fourth-order valence-corrected chi connectivity index (χ4v) is 3.09. The van der Waals surface area contributed by atoms with Gasteiger partial charge in [0.2, 0.25) is 5.95 Å². The monoisotopic (exact) mass is 334 g/mol. The Hall–Kier alpha value is -1.77. The Bertz CT molecular complexity index is 588. The van der Waals surface area contributed by atoms with Crippen LogP contribution in [0.4, 0.5) is 5.95 Å². The fourth-order valence-electron chi connectivity index (χ4n) is 3.09. The topological polar surface area (TPSA) is 93.6 Å². The number of piperazine rings is 1. The molecule has 2 aliphatic heterocycles. The molecule has 8 nitrogen and oxygen atoms in total. The average molecular weight is 334 g/mol. The Morgan fingerprint density at radius 1 is 1.38 bits per heavy atom. The lowest BCUT2D eigenvalue weighted by Crippen LogP contribution is -2.52.